The van der Waals surface area contributed by atoms with Crippen LogP contribution in [0.4, 0.5) is 0 Å². The molecule has 3 atom stereocenters. The van der Waals surface area contributed by atoms with Crippen LogP contribution in [0.5, 0.6) is 0 Å². The third kappa shape index (κ3) is 2.93. The molecule has 0 saturated carbocycles. The number of hydrogen-bond donors (Lipinski definition) is 1. The maximum absolute atomic E-state index is 12.8. The van der Waals surface area contributed by atoms with Crippen LogP contribution in [0, 0.1) is 11.8 Å². The molecule has 6 heteroatoms. The Labute approximate surface area is 133 Å². The van der Waals surface area contributed by atoms with Crippen LogP contribution in [-0.4, -0.2) is 49.8 Å². The van der Waals surface area contributed by atoms with Crippen molar-refractivity contribution < 1.29 is 8.42 Å². The molecule has 2 heterocycles. The molecule has 1 aromatic carbocycles. The molecule has 2 aliphatic heterocycles. The molecule has 1 unspecified atom stereocenters. The van der Waals surface area contributed by atoms with Gasteiger partial charge >= 0.3 is 0 Å². The highest BCUT2D eigenvalue weighted by Gasteiger charge is 2.42. The van der Waals surface area contributed by atoms with E-state index in [0.717, 1.165) is 6.42 Å². The molecule has 0 radical (unpaired) electrons. The van der Waals surface area contributed by atoms with Crippen molar-refractivity contribution in [2.24, 2.45) is 17.6 Å². The second-order valence-electron chi connectivity index (χ2n) is 6.59. The Morgan fingerprint density at radius 2 is 1.86 bits per heavy atom. The predicted octanol–water partition coefficient (Wildman–Crippen LogP) is 1.25. The normalized spacial score (nSPS) is 30.9. The summed E-state index contributed by atoms with van der Waals surface area (Å²) in [7, 11) is -3.34. The number of benzene rings is 1. The molecule has 0 spiro atoms. The lowest BCUT2D eigenvalue weighted by Crippen LogP contribution is -2.42. The molecular weight excluding hydrogens is 298 g/mol. The van der Waals surface area contributed by atoms with Crippen molar-refractivity contribution in [3.05, 3.63) is 35.9 Å². The van der Waals surface area contributed by atoms with Crippen molar-refractivity contribution in [1.29, 1.82) is 0 Å². The highest BCUT2D eigenvalue weighted by Crippen LogP contribution is 2.35. The first kappa shape index (κ1) is 15.9. The summed E-state index contributed by atoms with van der Waals surface area (Å²) in [5.74, 6) is 0.839. The minimum Gasteiger partial charge on any atom is -0.330 e. The van der Waals surface area contributed by atoms with E-state index in [1.54, 1.807) is 8.61 Å². The van der Waals surface area contributed by atoms with E-state index in [9.17, 15) is 8.42 Å². The summed E-state index contributed by atoms with van der Waals surface area (Å²) < 4.78 is 28.9. The predicted molar refractivity (Wildman–Crippen MR) is 87.6 cm³/mol. The average Bonchev–Trinajstić information content (AvgIpc) is 3.14. The van der Waals surface area contributed by atoms with E-state index >= 15 is 0 Å². The van der Waals surface area contributed by atoms with Crippen molar-refractivity contribution in [1.82, 2.24) is 8.61 Å². The van der Waals surface area contributed by atoms with Gasteiger partial charge in [0.15, 0.2) is 0 Å². The molecule has 0 aromatic heterocycles. The van der Waals surface area contributed by atoms with Crippen LogP contribution in [0.1, 0.15) is 24.8 Å². The molecule has 2 N–H and O–H groups in total. The second-order valence-corrected chi connectivity index (χ2v) is 8.52. The fourth-order valence-electron chi connectivity index (χ4n) is 3.60. The number of nitrogens with zero attached hydrogens (tertiary/aromatic N) is 2. The van der Waals surface area contributed by atoms with E-state index in [0.29, 0.717) is 38.6 Å². The summed E-state index contributed by atoms with van der Waals surface area (Å²) in [5, 5.41) is 0. The fraction of sp³-hybridized carbons (Fsp3) is 0.625. The molecule has 3 rings (SSSR count). The average molecular weight is 323 g/mol. The van der Waals surface area contributed by atoms with E-state index in [1.807, 2.05) is 18.2 Å². The van der Waals surface area contributed by atoms with Gasteiger partial charge in [0.25, 0.3) is 10.2 Å². The summed E-state index contributed by atoms with van der Waals surface area (Å²) >= 11 is 0. The molecule has 0 amide bonds. The van der Waals surface area contributed by atoms with Crippen LogP contribution in [0.25, 0.3) is 0 Å². The number of nitrogens with two attached hydrogens (primary N) is 1. The highest BCUT2D eigenvalue weighted by molar-refractivity contribution is 7.86. The van der Waals surface area contributed by atoms with Crippen molar-refractivity contribution in [3.63, 3.8) is 0 Å². The maximum Gasteiger partial charge on any atom is 0.282 e. The largest absolute Gasteiger partial charge is 0.330 e. The zero-order valence-corrected chi connectivity index (χ0v) is 13.9. The summed E-state index contributed by atoms with van der Waals surface area (Å²) in [6.45, 7) is 4.98. The lowest BCUT2D eigenvalue weighted by atomic mass is 9.89. The van der Waals surface area contributed by atoms with Crippen LogP contribution in [0.3, 0.4) is 0 Å². The SMILES string of the molecule is CC1CCN(S(=O)(=O)N2C[C@@H](CN)[C@H](c3ccccc3)C2)C1. The molecule has 1 aromatic rings. The van der Waals surface area contributed by atoms with Crippen molar-refractivity contribution in [2.45, 2.75) is 19.3 Å². The summed E-state index contributed by atoms with van der Waals surface area (Å²) in [6.07, 6.45) is 0.954. The third-order valence-corrected chi connectivity index (χ3v) is 6.91. The number of rotatable bonds is 4. The van der Waals surface area contributed by atoms with Gasteiger partial charge in [-0.25, -0.2) is 0 Å². The van der Waals surface area contributed by atoms with Gasteiger partial charge in [0.2, 0.25) is 0 Å². The van der Waals surface area contributed by atoms with Gasteiger partial charge in [0.05, 0.1) is 0 Å². The van der Waals surface area contributed by atoms with Gasteiger partial charge in [0, 0.05) is 32.1 Å². The van der Waals surface area contributed by atoms with Gasteiger partial charge in [-0.2, -0.15) is 17.0 Å². The summed E-state index contributed by atoms with van der Waals surface area (Å²) in [5.41, 5.74) is 7.09. The Morgan fingerprint density at radius 1 is 1.14 bits per heavy atom. The van der Waals surface area contributed by atoms with Crippen molar-refractivity contribution in [2.75, 3.05) is 32.7 Å². The Hall–Kier alpha value is -0.950. The standard InChI is InChI=1S/C16H25N3O2S/c1-13-7-8-18(10-13)22(20,21)19-11-15(9-17)16(12-19)14-5-3-2-4-6-14/h2-6,13,15-16H,7-12,17H2,1H3/t13?,15-,16+/m1/s1. The van der Waals surface area contributed by atoms with E-state index < -0.39 is 10.2 Å². The van der Waals surface area contributed by atoms with Gasteiger partial charge in [-0.15, -0.1) is 0 Å². The molecule has 0 bridgehead atoms. The van der Waals surface area contributed by atoms with Crippen LogP contribution in [0.2, 0.25) is 0 Å². The zero-order valence-electron chi connectivity index (χ0n) is 13.1. The Morgan fingerprint density at radius 3 is 2.45 bits per heavy atom. The molecule has 2 fully saturated rings. The summed E-state index contributed by atoms with van der Waals surface area (Å²) in [6, 6.07) is 10.1. The monoisotopic (exact) mass is 323 g/mol. The van der Waals surface area contributed by atoms with Gasteiger partial charge in [-0.1, -0.05) is 37.3 Å². The lowest BCUT2D eigenvalue weighted by molar-refractivity contribution is 0.384. The Balaban J connectivity index is 1.79. The van der Waals surface area contributed by atoms with Crippen LogP contribution < -0.4 is 5.73 Å². The molecule has 5 nitrogen and oxygen atoms in total. The van der Waals surface area contributed by atoms with Gasteiger partial charge < -0.3 is 5.73 Å². The first-order valence-corrected chi connectivity index (χ1v) is 9.42. The molecule has 2 saturated heterocycles. The molecule has 22 heavy (non-hydrogen) atoms. The van der Waals surface area contributed by atoms with Crippen LogP contribution in [0.15, 0.2) is 30.3 Å². The van der Waals surface area contributed by atoms with E-state index in [4.69, 9.17) is 5.73 Å². The zero-order chi connectivity index (χ0) is 15.7. The minimum atomic E-state index is -3.34. The summed E-state index contributed by atoms with van der Waals surface area (Å²) in [4.78, 5) is 0. The van der Waals surface area contributed by atoms with Crippen LogP contribution in [-0.2, 0) is 10.2 Å². The van der Waals surface area contributed by atoms with Gasteiger partial charge in [0.1, 0.15) is 0 Å². The first-order chi connectivity index (χ1) is 10.5. The van der Waals surface area contributed by atoms with Crippen LogP contribution >= 0.6 is 0 Å². The third-order valence-electron chi connectivity index (χ3n) is 4.98. The van der Waals surface area contributed by atoms with Gasteiger partial charge in [-0.05, 0) is 30.4 Å². The quantitative estimate of drug-likeness (QED) is 0.907. The van der Waals surface area contributed by atoms with E-state index in [1.165, 1.54) is 5.56 Å². The molecule has 2 aliphatic rings. The van der Waals surface area contributed by atoms with Crippen molar-refractivity contribution in [3.8, 4) is 0 Å². The topological polar surface area (TPSA) is 66.6 Å². The maximum atomic E-state index is 12.8. The molecule has 0 aliphatic carbocycles. The molecule has 122 valence electrons. The smallest absolute Gasteiger partial charge is 0.282 e. The second kappa shape index (κ2) is 6.28. The molecular formula is C16H25N3O2S. The minimum absolute atomic E-state index is 0.192. The number of hydrogen-bond acceptors (Lipinski definition) is 3. The van der Waals surface area contributed by atoms with Gasteiger partial charge in [-0.3, -0.25) is 0 Å². The van der Waals surface area contributed by atoms with E-state index in [-0.39, 0.29) is 11.8 Å². The van der Waals surface area contributed by atoms with Crippen molar-refractivity contribution >= 4 is 10.2 Å². The highest BCUT2D eigenvalue weighted by atomic mass is 32.2. The first-order valence-electron chi connectivity index (χ1n) is 8.02. The fourth-order valence-corrected chi connectivity index (χ4v) is 5.44. The lowest BCUT2D eigenvalue weighted by Gasteiger charge is -2.23. The van der Waals surface area contributed by atoms with E-state index in [2.05, 4.69) is 19.1 Å². The Kier molecular flexibility index (Phi) is 4.54. The Bertz CT molecular complexity index is 605.